The molecule has 1 aliphatic rings. The highest BCUT2D eigenvalue weighted by molar-refractivity contribution is 5.81. The number of carbonyl (C=O) groups is 1. The number of likely N-dealkylation sites (tertiary alicyclic amines) is 1. The summed E-state index contributed by atoms with van der Waals surface area (Å²) in [7, 11) is 1.96. The predicted molar refractivity (Wildman–Crippen MR) is 77.9 cm³/mol. The van der Waals surface area contributed by atoms with Crippen LogP contribution in [0.2, 0.25) is 0 Å². The maximum absolute atomic E-state index is 12.3. The third-order valence-corrected chi connectivity index (χ3v) is 3.92. The Labute approximate surface area is 120 Å². The zero-order valence-corrected chi connectivity index (χ0v) is 12.2. The van der Waals surface area contributed by atoms with Crippen LogP contribution in [0.1, 0.15) is 30.9 Å². The number of hydrogen-bond donors (Lipinski definition) is 0. The molecule has 1 saturated heterocycles. The van der Waals surface area contributed by atoms with Crippen LogP contribution in [-0.4, -0.2) is 41.9 Å². The maximum Gasteiger partial charge on any atom is 0.239 e. The fourth-order valence-corrected chi connectivity index (χ4v) is 2.55. The van der Waals surface area contributed by atoms with Crippen LogP contribution in [0.4, 0.5) is 0 Å². The second kappa shape index (κ2) is 6.53. The van der Waals surface area contributed by atoms with Crippen molar-refractivity contribution in [2.24, 2.45) is 0 Å². The van der Waals surface area contributed by atoms with Gasteiger partial charge < -0.3 is 4.90 Å². The van der Waals surface area contributed by atoms with E-state index in [1.807, 2.05) is 42.0 Å². The van der Waals surface area contributed by atoms with Crippen molar-refractivity contribution in [3.05, 3.63) is 35.4 Å². The van der Waals surface area contributed by atoms with Crippen molar-refractivity contribution >= 4 is 5.91 Å². The van der Waals surface area contributed by atoms with Crippen molar-refractivity contribution in [2.45, 2.75) is 32.4 Å². The molecule has 0 radical (unpaired) electrons. The van der Waals surface area contributed by atoms with Gasteiger partial charge in [0.2, 0.25) is 5.91 Å². The van der Waals surface area contributed by atoms with Gasteiger partial charge in [0.1, 0.15) is 0 Å². The fraction of sp³-hybridized carbons (Fsp3) is 0.500. The number of nitrogens with zero attached hydrogens (tertiary/aromatic N) is 3. The Kier molecular flexibility index (Phi) is 4.75. The molecule has 0 saturated carbocycles. The number of amides is 1. The zero-order chi connectivity index (χ0) is 14.5. The molecule has 2 rings (SSSR count). The van der Waals surface area contributed by atoms with Crippen molar-refractivity contribution in [1.29, 1.82) is 5.26 Å². The first-order chi connectivity index (χ1) is 9.61. The first-order valence-corrected chi connectivity index (χ1v) is 7.10. The molecule has 1 amide bonds. The van der Waals surface area contributed by atoms with E-state index in [0.717, 1.165) is 31.5 Å². The van der Waals surface area contributed by atoms with E-state index in [4.69, 9.17) is 5.26 Å². The molecule has 1 heterocycles. The quantitative estimate of drug-likeness (QED) is 0.841. The van der Waals surface area contributed by atoms with Crippen LogP contribution in [0.5, 0.6) is 0 Å². The second-order valence-electron chi connectivity index (χ2n) is 5.44. The van der Waals surface area contributed by atoms with Gasteiger partial charge in [0.15, 0.2) is 0 Å². The molecule has 0 aliphatic carbocycles. The lowest BCUT2D eigenvalue weighted by atomic mass is 10.1. The fourth-order valence-electron chi connectivity index (χ4n) is 2.55. The van der Waals surface area contributed by atoms with Gasteiger partial charge in [-0.15, -0.1) is 0 Å². The first-order valence-electron chi connectivity index (χ1n) is 7.10. The summed E-state index contributed by atoms with van der Waals surface area (Å²) in [4.78, 5) is 16.3. The molecule has 1 aromatic carbocycles. The van der Waals surface area contributed by atoms with E-state index in [1.165, 1.54) is 0 Å². The Morgan fingerprint density at radius 2 is 2.15 bits per heavy atom. The van der Waals surface area contributed by atoms with Crippen LogP contribution < -0.4 is 0 Å². The minimum absolute atomic E-state index is 0.126. The molecule has 1 fully saturated rings. The molecule has 0 bridgehead atoms. The largest absolute Gasteiger partial charge is 0.341 e. The monoisotopic (exact) mass is 271 g/mol. The van der Waals surface area contributed by atoms with Crippen LogP contribution in [0.3, 0.4) is 0 Å². The summed E-state index contributed by atoms with van der Waals surface area (Å²) in [6.07, 6.45) is 2.23. The highest BCUT2D eigenvalue weighted by Crippen LogP contribution is 2.14. The van der Waals surface area contributed by atoms with Gasteiger partial charge in [-0.2, -0.15) is 5.26 Å². The third-order valence-electron chi connectivity index (χ3n) is 3.92. The zero-order valence-electron chi connectivity index (χ0n) is 12.2. The number of nitriles is 1. The smallest absolute Gasteiger partial charge is 0.239 e. The molecule has 0 aromatic heterocycles. The van der Waals surface area contributed by atoms with Gasteiger partial charge in [0, 0.05) is 19.6 Å². The van der Waals surface area contributed by atoms with Crippen molar-refractivity contribution in [3.63, 3.8) is 0 Å². The van der Waals surface area contributed by atoms with Crippen LogP contribution in [0, 0.1) is 11.3 Å². The Bertz CT molecular complexity index is 515. The van der Waals surface area contributed by atoms with Gasteiger partial charge in [-0.25, -0.2) is 0 Å². The Morgan fingerprint density at radius 1 is 1.45 bits per heavy atom. The lowest BCUT2D eigenvalue weighted by Gasteiger charge is -2.28. The van der Waals surface area contributed by atoms with E-state index >= 15 is 0 Å². The lowest BCUT2D eigenvalue weighted by Crippen LogP contribution is -2.44. The maximum atomic E-state index is 12.3. The molecule has 0 N–H and O–H groups in total. The van der Waals surface area contributed by atoms with E-state index < -0.39 is 0 Å². The summed E-state index contributed by atoms with van der Waals surface area (Å²) in [6, 6.07) is 9.56. The summed E-state index contributed by atoms with van der Waals surface area (Å²) in [6.45, 7) is 4.41. The molecule has 4 nitrogen and oxygen atoms in total. The molecule has 0 spiro atoms. The Hall–Kier alpha value is -1.86. The molecule has 0 unspecified atom stereocenters. The highest BCUT2D eigenvalue weighted by atomic mass is 16.2. The number of hydrogen-bond acceptors (Lipinski definition) is 3. The molecule has 20 heavy (non-hydrogen) atoms. The van der Waals surface area contributed by atoms with E-state index in [2.05, 4.69) is 6.07 Å². The second-order valence-corrected chi connectivity index (χ2v) is 5.44. The SMILES string of the molecule is C[C@H](C(=O)N1CCCC1)N(C)Cc1cccc(C#N)c1. The van der Waals surface area contributed by atoms with Crippen molar-refractivity contribution in [2.75, 3.05) is 20.1 Å². The number of likely N-dealkylation sites (N-methyl/N-ethyl adjacent to an activating group) is 1. The molecule has 106 valence electrons. The number of benzene rings is 1. The van der Waals surface area contributed by atoms with E-state index in [1.54, 1.807) is 6.07 Å². The summed E-state index contributed by atoms with van der Waals surface area (Å²) >= 11 is 0. The van der Waals surface area contributed by atoms with Crippen LogP contribution >= 0.6 is 0 Å². The Balaban J connectivity index is 1.98. The van der Waals surface area contributed by atoms with Crippen molar-refractivity contribution in [1.82, 2.24) is 9.80 Å². The lowest BCUT2D eigenvalue weighted by molar-refractivity contribution is -0.135. The van der Waals surface area contributed by atoms with Crippen LogP contribution in [0.25, 0.3) is 0 Å². The molecule has 4 heteroatoms. The van der Waals surface area contributed by atoms with E-state index in [-0.39, 0.29) is 11.9 Å². The van der Waals surface area contributed by atoms with Gasteiger partial charge in [-0.05, 0) is 44.5 Å². The molecule has 1 aromatic rings. The number of carbonyl (C=O) groups excluding carboxylic acids is 1. The minimum Gasteiger partial charge on any atom is -0.341 e. The van der Waals surface area contributed by atoms with Gasteiger partial charge in [0.05, 0.1) is 17.7 Å². The summed E-state index contributed by atoms with van der Waals surface area (Å²) < 4.78 is 0. The predicted octanol–water partition coefficient (Wildman–Crippen LogP) is 2.00. The summed E-state index contributed by atoms with van der Waals surface area (Å²) in [5.41, 5.74) is 1.72. The third kappa shape index (κ3) is 3.37. The average molecular weight is 271 g/mol. The molecular formula is C16H21N3O. The van der Waals surface area contributed by atoms with Crippen LogP contribution in [-0.2, 0) is 11.3 Å². The molecule has 1 aliphatic heterocycles. The number of rotatable bonds is 4. The van der Waals surface area contributed by atoms with Gasteiger partial charge in [0.25, 0.3) is 0 Å². The van der Waals surface area contributed by atoms with Gasteiger partial charge >= 0.3 is 0 Å². The summed E-state index contributed by atoms with van der Waals surface area (Å²) in [5, 5.41) is 8.91. The molecule has 1 atom stereocenters. The average Bonchev–Trinajstić information content (AvgIpc) is 3.00. The first kappa shape index (κ1) is 14.5. The Morgan fingerprint density at radius 3 is 2.80 bits per heavy atom. The van der Waals surface area contributed by atoms with Crippen LogP contribution in [0.15, 0.2) is 24.3 Å². The van der Waals surface area contributed by atoms with Crippen molar-refractivity contribution < 1.29 is 4.79 Å². The highest BCUT2D eigenvalue weighted by Gasteiger charge is 2.25. The van der Waals surface area contributed by atoms with Gasteiger partial charge in [-0.1, -0.05) is 12.1 Å². The topological polar surface area (TPSA) is 47.3 Å². The summed E-state index contributed by atoms with van der Waals surface area (Å²) in [5.74, 6) is 0.210. The minimum atomic E-state index is -0.126. The van der Waals surface area contributed by atoms with E-state index in [9.17, 15) is 4.79 Å². The van der Waals surface area contributed by atoms with Gasteiger partial charge in [-0.3, -0.25) is 9.69 Å². The standard InChI is InChI=1S/C16H21N3O/c1-13(16(20)19-8-3-4-9-19)18(2)12-15-7-5-6-14(10-15)11-17/h5-7,10,13H,3-4,8-9,12H2,1-2H3/t13-/m1/s1. The molecular weight excluding hydrogens is 250 g/mol. The van der Waals surface area contributed by atoms with E-state index in [0.29, 0.717) is 12.1 Å². The van der Waals surface area contributed by atoms with Crippen molar-refractivity contribution in [3.8, 4) is 6.07 Å². The normalized spacial score (nSPS) is 16.2.